The molecule has 1 aromatic carbocycles. The van der Waals surface area contributed by atoms with Crippen molar-refractivity contribution >= 4 is 29.3 Å². The van der Waals surface area contributed by atoms with Crippen LogP contribution in [0.1, 0.15) is 17.5 Å². The number of hydrogen-bond acceptors (Lipinski definition) is 3. The maximum atomic E-state index is 12.1. The second kappa shape index (κ2) is 5.89. The first kappa shape index (κ1) is 14.5. The third-order valence-corrected chi connectivity index (χ3v) is 2.96. The third-order valence-electron chi connectivity index (χ3n) is 2.96. The van der Waals surface area contributed by atoms with Crippen molar-refractivity contribution in [3.8, 4) is 0 Å². The molecule has 1 heterocycles. The monoisotopic (exact) mass is 268 g/mol. The minimum Gasteiger partial charge on any atom is -0.451 e. The fourth-order valence-electron chi connectivity index (χ4n) is 1.62. The molecular formula is C13H17ClN2O2. The van der Waals surface area contributed by atoms with Crippen molar-refractivity contribution in [2.24, 2.45) is 5.73 Å². The number of halogens is 1. The average molecular weight is 269 g/mol. The van der Waals surface area contributed by atoms with E-state index in [1.165, 1.54) is 0 Å². The molecule has 2 aromatic rings. The van der Waals surface area contributed by atoms with Crippen LogP contribution in [0.2, 0.25) is 0 Å². The summed E-state index contributed by atoms with van der Waals surface area (Å²) in [7, 11) is 1.73. The Morgan fingerprint density at radius 1 is 1.44 bits per heavy atom. The lowest BCUT2D eigenvalue weighted by Gasteiger charge is -2.22. The topological polar surface area (TPSA) is 59.5 Å². The van der Waals surface area contributed by atoms with E-state index in [-0.39, 0.29) is 24.4 Å². The van der Waals surface area contributed by atoms with Gasteiger partial charge in [-0.2, -0.15) is 0 Å². The van der Waals surface area contributed by atoms with E-state index >= 15 is 0 Å². The van der Waals surface area contributed by atoms with Gasteiger partial charge in [-0.3, -0.25) is 4.79 Å². The van der Waals surface area contributed by atoms with Gasteiger partial charge in [0.2, 0.25) is 0 Å². The number of para-hydroxylation sites is 1. The number of nitrogens with zero attached hydrogens (tertiary/aromatic N) is 1. The van der Waals surface area contributed by atoms with Gasteiger partial charge >= 0.3 is 0 Å². The van der Waals surface area contributed by atoms with Crippen LogP contribution in [0.15, 0.2) is 34.7 Å². The molecular weight excluding hydrogens is 252 g/mol. The van der Waals surface area contributed by atoms with Crippen LogP contribution in [0.4, 0.5) is 0 Å². The Kier molecular flexibility index (Phi) is 4.76. The van der Waals surface area contributed by atoms with E-state index in [1.807, 2.05) is 31.2 Å². The maximum absolute atomic E-state index is 12.1. The van der Waals surface area contributed by atoms with Gasteiger partial charge < -0.3 is 15.1 Å². The van der Waals surface area contributed by atoms with Gasteiger partial charge in [-0.05, 0) is 19.1 Å². The van der Waals surface area contributed by atoms with Crippen LogP contribution in [0.5, 0.6) is 0 Å². The highest BCUT2D eigenvalue weighted by molar-refractivity contribution is 5.96. The van der Waals surface area contributed by atoms with Crippen LogP contribution < -0.4 is 5.73 Å². The number of likely N-dealkylation sites (N-methyl/N-ethyl adjacent to an activating group) is 1. The van der Waals surface area contributed by atoms with Crippen LogP contribution in [0, 0.1) is 0 Å². The largest absolute Gasteiger partial charge is 0.451 e. The highest BCUT2D eigenvalue weighted by Crippen LogP contribution is 2.20. The molecule has 0 saturated heterocycles. The predicted octanol–water partition coefficient (Wildman–Crippen LogP) is 2.27. The number of nitrogens with two attached hydrogens (primary N) is 1. The highest BCUT2D eigenvalue weighted by Gasteiger charge is 2.19. The molecule has 0 radical (unpaired) electrons. The zero-order valence-electron chi connectivity index (χ0n) is 10.4. The summed E-state index contributed by atoms with van der Waals surface area (Å²) >= 11 is 0. The van der Waals surface area contributed by atoms with Gasteiger partial charge in [0.1, 0.15) is 5.58 Å². The predicted molar refractivity (Wildman–Crippen MR) is 74.1 cm³/mol. The average Bonchev–Trinajstić information content (AvgIpc) is 2.79. The first-order chi connectivity index (χ1) is 8.13. The molecule has 1 aromatic heterocycles. The summed E-state index contributed by atoms with van der Waals surface area (Å²) in [6.07, 6.45) is 0. The van der Waals surface area contributed by atoms with Crippen molar-refractivity contribution in [2.45, 2.75) is 13.0 Å². The van der Waals surface area contributed by atoms with E-state index in [0.29, 0.717) is 12.3 Å². The van der Waals surface area contributed by atoms with Gasteiger partial charge in [-0.1, -0.05) is 18.2 Å². The van der Waals surface area contributed by atoms with Gasteiger partial charge in [0.05, 0.1) is 0 Å². The van der Waals surface area contributed by atoms with Gasteiger partial charge in [0.25, 0.3) is 5.91 Å². The van der Waals surface area contributed by atoms with Crippen LogP contribution in [-0.2, 0) is 0 Å². The molecule has 1 amide bonds. The van der Waals surface area contributed by atoms with Crippen LogP contribution >= 0.6 is 12.4 Å². The summed E-state index contributed by atoms with van der Waals surface area (Å²) in [6, 6.07) is 9.32. The molecule has 98 valence electrons. The van der Waals surface area contributed by atoms with Crippen molar-refractivity contribution in [2.75, 3.05) is 13.6 Å². The quantitative estimate of drug-likeness (QED) is 0.929. The maximum Gasteiger partial charge on any atom is 0.289 e. The molecule has 2 N–H and O–H groups in total. The zero-order chi connectivity index (χ0) is 12.4. The van der Waals surface area contributed by atoms with Crippen molar-refractivity contribution in [1.82, 2.24) is 4.90 Å². The first-order valence-corrected chi connectivity index (χ1v) is 5.59. The summed E-state index contributed by atoms with van der Waals surface area (Å²) in [5.74, 6) is 0.216. The Hall–Kier alpha value is -1.52. The summed E-state index contributed by atoms with van der Waals surface area (Å²) in [5.41, 5.74) is 6.27. The van der Waals surface area contributed by atoms with Crippen molar-refractivity contribution < 1.29 is 9.21 Å². The summed E-state index contributed by atoms with van der Waals surface area (Å²) < 4.78 is 5.51. The van der Waals surface area contributed by atoms with Crippen LogP contribution in [0.3, 0.4) is 0 Å². The van der Waals surface area contributed by atoms with Crippen LogP contribution in [-0.4, -0.2) is 30.4 Å². The minimum absolute atomic E-state index is 0. The fourth-order valence-corrected chi connectivity index (χ4v) is 1.62. The van der Waals surface area contributed by atoms with E-state index < -0.39 is 0 Å². The second-order valence-electron chi connectivity index (χ2n) is 4.15. The van der Waals surface area contributed by atoms with E-state index in [2.05, 4.69) is 0 Å². The number of benzene rings is 1. The standard InChI is InChI=1S/C13H16N2O2.ClH/c1-9(8-14)15(2)13(16)12-7-10-5-3-4-6-11(10)17-12;/h3-7,9H,8,14H2,1-2H3;1H. The van der Waals surface area contributed by atoms with E-state index in [1.54, 1.807) is 18.0 Å². The van der Waals surface area contributed by atoms with E-state index in [9.17, 15) is 4.79 Å². The molecule has 4 nitrogen and oxygen atoms in total. The molecule has 0 aliphatic rings. The Balaban J connectivity index is 0.00000162. The van der Waals surface area contributed by atoms with Gasteiger partial charge in [0.15, 0.2) is 5.76 Å². The molecule has 0 saturated carbocycles. The smallest absolute Gasteiger partial charge is 0.289 e. The normalized spacial score (nSPS) is 11.9. The molecule has 0 fully saturated rings. The van der Waals surface area contributed by atoms with Crippen LogP contribution in [0.25, 0.3) is 11.0 Å². The first-order valence-electron chi connectivity index (χ1n) is 5.59. The van der Waals surface area contributed by atoms with Crippen molar-refractivity contribution in [3.63, 3.8) is 0 Å². The number of carbonyl (C=O) groups excluding carboxylic acids is 1. The number of hydrogen-bond donors (Lipinski definition) is 1. The number of fused-ring (bicyclic) bond motifs is 1. The summed E-state index contributed by atoms with van der Waals surface area (Å²) in [4.78, 5) is 13.7. The lowest BCUT2D eigenvalue weighted by atomic mass is 10.2. The molecule has 1 atom stereocenters. The second-order valence-corrected chi connectivity index (χ2v) is 4.15. The lowest BCUT2D eigenvalue weighted by Crippen LogP contribution is -2.39. The van der Waals surface area contributed by atoms with Gasteiger partial charge in [0, 0.05) is 25.0 Å². The molecule has 0 aliphatic heterocycles. The Bertz CT molecular complexity index is 506. The minimum atomic E-state index is -0.140. The number of rotatable bonds is 3. The Labute approximate surface area is 112 Å². The summed E-state index contributed by atoms with van der Waals surface area (Å²) in [6.45, 7) is 2.34. The molecule has 0 aliphatic carbocycles. The molecule has 2 rings (SSSR count). The van der Waals surface area contributed by atoms with Crippen molar-refractivity contribution in [3.05, 3.63) is 36.1 Å². The Morgan fingerprint density at radius 2 is 2.11 bits per heavy atom. The number of carbonyl (C=O) groups is 1. The Morgan fingerprint density at radius 3 is 2.72 bits per heavy atom. The molecule has 0 bridgehead atoms. The molecule has 1 unspecified atom stereocenters. The van der Waals surface area contributed by atoms with E-state index in [0.717, 1.165) is 11.0 Å². The zero-order valence-corrected chi connectivity index (χ0v) is 11.2. The summed E-state index contributed by atoms with van der Waals surface area (Å²) in [5, 5.41) is 0.935. The molecule has 0 spiro atoms. The molecule has 18 heavy (non-hydrogen) atoms. The third kappa shape index (κ3) is 2.66. The van der Waals surface area contributed by atoms with Gasteiger partial charge in [-0.15, -0.1) is 12.4 Å². The van der Waals surface area contributed by atoms with Gasteiger partial charge in [-0.25, -0.2) is 0 Å². The molecule has 5 heteroatoms. The number of furan rings is 1. The van der Waals surface area contributed by atoms with Crippen molar-refractivity contribution in [1.29, 1.82) is 0 Å². The number of amides is 1. The highest BCUT2D eigenvalue weighted by atomic mass is 35.5. The van der Waals surface area contributed by atoms with E-state index in [4.69, 9.17) is 10.2 Å². The fraction of sp³-hybridized carbons (Fsp3) is 0.308. The SMILES string of the molecule is CC(CN)N(C)C(=O)c1cc2ccccc2o1.Cl. The lowest BCUT2D eigenvalue weighted by molar-refractivity contribution is 0.0718.